The molecule has 0 amide bonds. The minimum Gasteiger partial charge on any atom is -0.466 e. The Hall–Kier alpha value is -1.46. The van der Waals surface area contributed by atoms with E-state index in [1.165, 1.54) is 21.3 Å². The third kappa shape index (κ3) is 1.93. The Morgan fingerprint density at radius 3 is 2.50 bits per heavy atom. The number of allylic oxidation sites excluding steroid dienone is 3. The van der Waals surface area contributed by atoms with E-state index in [4.69, 9.17) is 14.2 Å². The van der Waals surface area contributed by atoms with E-state index in [1.807, 2.05) is 19.1 Å². The zero-order valence-corrected chi connectivity index (χ0v) is 12.2. The van der Waals surface area contributed by atoms with Crippen molar-refractivity contribution < 1.29 is 23.8 Å². The van der Waals surface area contributed by atoms with Crippen LogP contribution >= 0.6 is 0 Å². The van der Waals surface area contributed by atoms with Crippen molar-refractivity contribution in [2.75, 3.05) is 21.3 Å². The van der Waals surface area contributed by atoms with Gasteiger partial charge in [-0.05, 0) is 19.3 Å². The topological polar surface area (TPSA) is 61.8 Å². The van der Waals surface area contributed by atoms with Gasteiger partial charge in [0, 0.05) is 25.7 Å². The van der Waals surface area contributed by atoms with E-state index in [2.05, 4.69) is 0 Å². The van der Waals surface area contributed by atoms with Crippen LogP contribution in [0.3, 0.4) is 0 Å². The molecule has 0 aromatic heterocycles. The van der Waals surface area contributed by atoms with Gasteiger partial charge in [-0.15, -0.1) is 0 Å². The van der Waals surface area contributed by atoms with Crippen molar-refractivity contribution >= 4 is 11.8 Å². The summed E-state index contributed by atoms with van der Waals surface area (Å²) in [6, 6.07) is 0. The molecule has 0 unspecified atom stereocenters. The molecule has 3 rings (SSSR count). The van der Waals surface area contributed by atoms with Crippen molar-refractivity contribution in [3.8, 4) is 0 Å². The average Bonchev–Trinajstić information content (AvgIpc) is 2.48. The number of carbonyl (C=O) groups excluding carboxylic acids is 2. The normalized spacial score (nSPS) is 31.5. The summed E-state index contributed by atoms with van der Waals surface area (Å²) in [5, 5.41) is 0. The maximum absolute atomic E-state index is 12.6. The first-order valence-electron chi connectivity index (χ1n) is 6.63. The molecule has 20 heavy (non-hydrogen) atoms. The van der Waals surface area contributed by atoms with E-state index >= 15 is 0 Å². The molecule has 0 N–H and O–H groups in total. The van der Waals surface area contributed by atoms with Gasteiger partial charge in [-0.1, -0.05) is 18.2 Å². The number of rotatable bonds is 4. The number of fused-ring (bicyclic) bond motifs is 2. The van der Waals surface area contributed by atoms with Crippen molar-refractivity contribution in [2.45, 2.75) is 19.1 Å². The minimum absolute atomic E-state index is 0.0735. The van der Waals surface area contributed by atoms with Crippen LogP contribution in [0.25, 0.3) is 0 Å². The fraction of sp³-hybridized carbons (Fsp3) is 0.600. The fourth-order valence-corrected chi connectivity index (χ4v) is 3.36. The lowest BCUT2D eigenvalue weighted by Crippen LogP contribution is -2.61. The van der Waals surface area contributed by atoms with Crippen LogP contribution in [0.1, 0.15) is 13.3 Å². The zero-order valence-electron chi connectivity index (χ0n) is 12.2. The highest BCUT2D eigenvalue weighted by molar-refractivity contribution is 6.00. The lowest BCUT2D eigenvalue weighted by molar-refractivity contribution is -0.241. The van der Waals surface area contributed by atoms with Crippen molar-refractivity contribution in [2.24, 2.45) is 17.8 Å². The van der Waals surface area contributed by atoms with E-state index in [-0.39, 0.29) is 11.7 Å². The van der Waals surface area contributed by atoms with Gasteiger partial charge in [0.1, 0.15) is 0 Å². The number of hydrogen-bond donors (Lipinski definition) is 0. The largest absolute Gasteiger partial charge is 0.466 e. The van der Waals surface area contributed by atoms with Gasteiger partial charge in [0.05, 0.1) is 13.0 Å². The quantitative estimate of drug-likeness (QED) is 0.443. The molecule has 1 saturated carbocycles. The van der Waals surface area contributed by atoms with Gasteiger partial charge in [0.2, 0.25) is 5.79 Å². The van der Waals surface area contributed by atoms with E-state index in [1.54, 1.807) is 6.08 Å². The van der Waals surface area contributed by atoms with Gasteiger partial charge in [-0.25, -0.2) is 4.79 Å². The van der Waals surface area contributed by atoms with E-state index < -0.39 is 23.6 Å². The van der Waals surface area contributed by atoms with Gasteiger partial charge < -0.3 is 14.2 Å². The Bertz CT molecular complexity index is 473. The highest BCUT2D eigenvalue weighted by Crippen LogP contribution is 2.50. The molecule has 0 heterocycles. The molecule has 110 valence electrons. The molecule has 3 aliphatic rings. The number of ether oxygens (including phenoxy) is 3. The molecule has 0 radical (unpaired) electrons. The van der Waals surface area contributed by atoms with Crippen LogP contribution in [-0.4, -0.2) is 38.9 Å². The van der Waals surface area contributed by atoms with Crippen molar-refractivity contribution in [1.29, 1.82) is 0 Å². The molecule has 5 nitrogen and oxygen atoms in total. The molecule has 0 aliphatic heterocycles. The van der Waals surface area contributed by atoms with Gasteiger partial charge >= 0.3 is 5.97 Å². The lowest BCUT2D eigenvalue weighted by atomic mass is 9.61. The summed E-state index contributed by atoms with van der Waals surface area (Å²) in [6.07, 6.45) is 6.26. The Morgan fingerprint density at radius 2 is 2.00 bits per heavy atom. The third-order valence-electron chi connectivity index (χ3n) is 4.28. The average molecular weight is 280 g/mol. The Balaban J connectivity index is 2.51. The van der Waals surface area contributed by atoms with Crippen LogP contribution in [-0.2, 0) is 23.8 Å². The monoisotopic (exact) mass is 280 g/mol. The Labute approximate surface area is 118 Å². The molecule has 0 aromatic rings. The molecule has 3 atom stereocenters. The predicted molar refractivity (Wildman–Crippen MR) is 71.8 cm³/mol. The van der Waals surface area contributed by atoms with Crippen molar-refractivity contribution in [3.05, 3.63) is 23.8 Å². The summed E-state index contributed by atoms with van der Waals surface area (Å²) in [4.78, 5) is 24.5. The summed E-state index contributed by atoms with van der Waals surface area (Å²) in [5.74, 6) is -2.71. The lowest BCUT2D eigenvalue weighted by Gasteiger charge is -2.49. The number of Topliss-reactive ketones (excluding diaryl/α,β-unsaturated/α-hetero) is 1. The molecule has 0 spiro atoms. The molecular weight excluding hydrogens is 260 g/mol. The molecule has 5 heteroatoms. The number of carbonyl (C=O) groups is 2. The standard InChI is InChI=1S/C15H20O5/c1-5-6-9-7-12-11(14(17)18-2)8-10(9)13(16)15(12,19-3)20-4/h5-6,8-10,12H,7H2,1-4H3/b6-5+/t9-,10-,12-/m1/s1. The maximum atomic E-state index is 12.6. The first kappa shape index (κ1) is 14.9. The molecular formula is C15H20O5. The first-order valence-corrected chi connectivity index (χ1v) is 6.63. The maximum Gasteiger partial charge on any atom is 0.333 e. The number of hydrogen-bond acceptors (Lipinski definition) is 5. The summed E-state index contributed by atoms with van der Waals surface area (Å²) in [6.45, 7) is 1.91. The summed E-state index contributed by atoms with van der Waals surface area (Å²) >= 11 is 0. The first-order chi connectivity index (χ1) is 9.55. The van der Waals surface area contributed by atoms with Gasteiger partial charge in [-0.2, -0.15) is 0 Å². The molecule has 0 aromatic carbocycles. The molecule has 2 bridgehead atoms. The van der Waals surface area contributed by atoms with Gasteiger partial charge in [0.15, 0.2) is 5.78 Å². The third-order valence-corrected chi connectivity index (χ3v) is 4.28. The molecule has 0 saturated heterocycles. The SMILES string of the molecule is C/C=C/[C@@H]1C[C@@H]2C(C(=O)OC)=C[C@H]1C(=O)C2(OC)OC. The van der Waals surface area contributed by atoms with Crippen LogP contribution in [0.5, 0.6) is 0 Å². The van der Waals surface area contributed by atoms with Crippen molar-refractivity contribution in [1.82, 2.24) is 0 Å². The van der Waals surface area contributed by atoms with E-state index in [9.17, 15) is 9.59 Å². The summed E-state index contributed by atoms with van der Waals surface area (Å²) in [5.41, 5.74) is 0.474. The van der Waals surface area contributed by atoms with Crippen molar-refractivity contribution in [3.63, 3.8) is 0 Å². The van der Waals surface area contributed by atoms with Crippen LogP contribution in [0, 0.1) is 17.8 Å². The van der Waals surface area contributed by atoms with Gasteiger partial charge in [-0.3, -0.25) is 4.79 Å². The second kappa shape index (κ2) is 5.50. The Morgan fingerprint density at radius 1 is 1.35 bits per heavy atom. The fourth-order valence-electron chi connectivity index (χ4n) is 3.36. The van der Waals surface area contributed by atoms with Crippen LogP contribution in [0.2, 0.25) is 0 Å². The number of esters is 1. The number of ketones is 1. The summed E-state index contributed by atoms with van der Waals surface area (Å²) in [7, 11) is 4.20. The second-order valence-corrected chi connectivity index (χ2v) is 5.06. The van der Waals surface area contributed by atoms with Crippen LogP contribution in [0.15, 0.2) is 23.8 Å². The zero-order chi connectivity index (χ0) is 14.9. The minimum atomic E-state index is -1.37. The highest BCUT2D eigenvalue weighted by Gasteiger charge is 2.60. The molecule has 1 fully saturated rings. The highest BCUT2D eigenvalue weighted by atomic mass is 16.7. The van der Waals surface area contributed by atoms with E-state index in [0.29, 0.717) is 12.0 Å². The molecule has 3 aliphatic carbocycles. The van der Waals surface area contributed by atoms with Crippen LogP contribution < -0.4 is 0 Å². The smallest absolute Gasteiger partial charge is 0.333 e. The van der Waals surface area contributed by atoms with Crippen LogP contribution in [0.4, 0.5) is 0 Å². The number of methoxy groups -OCH3 is 3. The predicted octanol–water partition coefficient (Wildman–Crippen LogP) is 1.49. The second-order valence-electron chi connectivity index (χ2n) is 5.06. The van der Waals surface area contributed by atoms with E-state index in [0.717, 1.165) is 0 Å². The van der Waals surface area contributed by atoms with Gasteiger partial charge in [0.25, 0.3) is 0 Å². The summed E-state index contributed by atoms with van der Waals surface area (Å²) < 4.78 is 15.6. The Kier molecular flexibility index (Phi) is 4.11.